The van der Waals surface area contributed by atoms with Crippen LogP contribution in [0, 0.1) is 5.92 Å². The van der Waals surface area contributed by atoms with Crippen molar-refractivity contribution in [3.63, 3.8) is 0 Å². The molecule has 2 aromatic rings. The SMILES string of the molecule is NC(=O)C1CCN(c2ncccc2CNCc2ccccc2)CC1. The monoisotopic (exact) mass is 324 g/mol. The van der Waals surface area contributed by atoms with Crippen molar-refractivity contribution in [2.75, 3.05) is 18.0 Å². The van der Waals surface area contributed by atoms with Crippen molar-refractivity contribution in [1.29, 1.82) is 0 Å². The van der Waals surface area contributed by atoms with E-state index in [9.17, 15) is 4.79 Å². The van der Waals surface area contributed by atoms with Crippen LogP contribution < -0.4 is 16.0 Å². The molecule has 126 valence electrons. The van der Waals surface area contributed by atoms with Gasteiger partial charge in [0.05, 0.1) is 0 Å². The lowest BCUT2D eigenvalue weighted by Crippen LogP contribution is -2.39. The van der Waals surface area contributed by atoms with Gasteiger partial charge >= 0.3 is 0 Å². The molecule has 0 unspecified atom stereocenters. The molecule has 2 heterocycles. The predicted molar refractivity (Wildman–Crippen MR) is 95.4 cm³/mol. The highest BCUT2D eigenvalue weighted by molar-refractivity contribution is 5.77. The third-order valence-electron chi connectivity index (χ3n) is 4.55. The number of carbonyl (C=O) groups is 1. The Kier molecular flexibility index (Phi) is 5.43. The van der Waals surface area contributed by atoms with Gasteiger partial charge < -0.3 is 16.0 Å². The maximum absolute atomic E-state index is 11.3. The maximum atomic E-state index is 11.3. The highest BCUT2D eigenvalue weighted by Gasteiger charge is 2.24. The van der Waals surface area contributed by atoms with E-state index >= 15 is 0 Å². The number of piperidine rings is 1. The molecule has 0 aliphatic carbocycles. The average molecular weight is 324 g/mol. The number of nitrogens with one attached hydrogen (secondary N) is 1. The average Bonchev–Trinajstić information content (AvgIpc) is 2.63. The number of nitrogens with zero attached hydrogens (tertiary/aromatic N) is 2. The standard InChI is InChI=1S/C19H24N4O/c20-18(24)16-8-11-23(12-9-16)19-17(7-4-10-22-19)14-21-13-15-5-2-1-3-6-15/h1-7,10,16,21H,8-9,11-14H2,(H2,20,24). The van der Waals surface area contributed by atoms with E-state index in [1.807, 2.05) is 18.3 Å². The number of rotatable bonds is 6. The van der Waals surface area contributed by atoms with E-state index in [2.05, 4.69) is 45.5 Å². The first-order valence-corrected chi connectivity index (χ1v) is 8.47. The molecule has 1 aromatic carbocycles. The Morgan fingerprint density at radius 3 is 2.58 bits per heavy atom. The second-order valence-corrected chi connectivity index (χ2v) is 6.24. The van der Waals surface area contributed by atoms with Gasteiger partial charge in [-0.2, -0.15) is 0 Å². The summed E-state index contributed by atoms with van der Waals surface area (Å²) in [5.74, 6) is 0.839. The summed E-state index contributed by atoms with van der Waals surface area (Å²) in [6.45, 7) is 3.26. The van der Waals surface area contributed by atoms with Crippen molar-refractivity contribution in [1.82, 2.24) is 10.3 Å². The summed E-state index contributed by atoms with van der Waals surface area (Å²) < 4.78 is 0. The Morgan fingerprint density at radius 1 is 1.12 bits per heavy atom. The number of aromatic nitrogens is 1. The first kappa shape index (κ1) is 16.5. The Morgan fingerprint density at radius 2 is 1.88 bits per heavy atom. The molecule has 24 heavy (non-hydrogen) atoms. The molecule has 0 bridgehead atoms. The van der Waals surface area contributed by atoms with Gasteiger partial charge in [-0.05, 0) is 24.5 Å². The Hall–Kier alpha value is -2.40. The highest BCUT2D eigenvalue weighted by atomic mass is 16.1. The minimum Gasteiger partial charge on any atom is -0.369 e. The third kappa shape index (κ3) is 4.11. The molecule has 0 atom stereocenters. The van der Waals surface area contributed by atoms with Gasteiger partial charge in [0.1, 0.15) is 5.82 Å². The minimum atomic E-state index is -0.180. The number of hydrogen-bond acceptors (Lipinski definition) is 4. The van der Waals surface area contributed by atoms with Crippen LogP contribution in [-0.4, -0.2) is 24.0 Å². The lowest BCUT2D eigenvalue weighted by atomic mass is 9.96. The molecule has 1 aromatic heterocycles. The minimum absolute atomic E-state index is 0.00428. The lowest BCUT2D eigenvalue weighted by molar-refractivity contribution is -0.122. The van der Waals surface area contributed by atoms with Crippen LogP contribution >= 0.6 is 0 Å². The van der Waals surface area contributed by atoms with Crippen LogP contribution in [0.4, 0.5) is 5.82 Å². The molecule has 1 fully saturated rings. The third-order valence-corrected chi connectivity index (χ3v) is 4.55. The van der Waals surface area contributed by atoms with Crippen LogP contribution in [0.25, 0.3) is 0 Å². The molecule has 3 N–H and O–H groups in total. The Labute approximate surface area is 142 Å². The number of primary amides is 1. The molecule has 0 spiro atoms. The lowest BCUT2D eigenvalue weighted by Gasteiger charge is -2.32. The molecule has 5 heteroatoms. The van der Waals surface area contributed by atoms with E-state index in [4.69, 9.17) is 5.73 Å². The van der Waals surface area contributed by atoms with Gasteiger partial charge in [0, 0.05) is 43.9 Å². The molecule has 0 saturated carbocycles. The van der Waals surface area contributed by atoms with E-state index < -0.39 is 0 Å². The zero-order valence-corrected chi connectivity index (χ0v) is 13.8. The molecular weight excluding hydrogens is 300 g/mol. The highest BCUT2D eigenvalue weighted by Crippen LogP contribution is 2.24. The number of hydrogen-bond donors (Lipinski definition) is 2. The summed E-state index contributed by atoms with van der Waals surface area (Å²) in [4.78, 5) is 18.1. The van der Waals surface area contributed by atoms with Crippen LogP contribution in [0.15, 0.2) is 48.7 Å². The number of carbonyl (C=O) groups excluding carboxylic acids is 1. The van der Waals surface area contributed by atoms with Crippen molar-refractivity contribution >= 4 is 11.7 Å². The van der Waals surface area contributed by atoms with Crippen molar-refractivity contribution < 1.29 is 4.79 Å². The van der Waals surface area contributed by atoms with Crippen LogP contribution in [-0.2, 0) is 17.9 Å². The van der Waals surface area contributed by atoms with E-state index in [1.165, 1.54) is 11.1 Å². The number of anilines is 1. The molecule has 1 aliphatic rings. The summed E-state index contributed by atoms with van der Waals surface area (Å²) >= 11 is 0. The van der Waals surface area contributed by atoms with E-state index in [1.54, 1.807) is 0 Å². The van der Waals surface area contributed by atoms with Crippen molar-refractivity contribution in [2.45, 2.75) is 25.9 Å². The zero-order valence-electron chi connectivity index (χ0n) is 13.8. The summed E-state index contributed by atoms with van der Waals surface area (Å²) in [5, 5.41) is 3.48. The van der Waals surface area contributed by atoms with Gasteiger partial charge in [-0.3, -0.25) is 4.79 Å². The van der Waals surface area contributed by atoms with Gasteiger partial charge in [-0.1, -0.05) is 36.4 Å². The van der Waals surface area contributed by atoms with Crippen LogP contribution in [0.5, 0.6) is 0 Å². The van der Waals surface area contributed by atoms with Gasteiger partial charge in [0.15, 0.2) is 0 Å². The fraction of sp³-hybridized carbons (Fsp3) is 0.368. The molecule has 1 saturated heterocycles. The summed E-state index contributed by atoms with van der Waals surface area (Å²) in [5.41, 5.74) is 7.87. The van der Waals surface area contributed by atoms with Crippen LogP contribution in [0.2, 0.25) is 0 Å². The topological polar surface area (TPSA) is 71.2 Å². The molecule has 3 rings (SSSR count). The van der Waals surface area contributed by atoms with E-state index in [-0.39, 0.29) is 11.8 Å². The number of benzene rings is 1. The Bertz CT molecular complexity index is 666. The first-order valence-electron chi connectivity index (χ1n) is 8.47. The zero-order chi connectivity index (χ0) is 16.8. The maximum Gasteiger partial charge on any atom is 0.220 e. The number of pyridine rings is 1. The molecule has 0 radical (unpaired) electrons. The smallest absolute Gasteiger partial charge is 0.220 e. The fourth-order valence-corrected chi connectivity index (χ4v) is 3.17. The Balaban J connectivity index is 1.60. The van der Waals surface area contributed by atoms with Crippen molar-refractivity contribution in [3.8, 4) is 0 Å². The van der Waals surface area contributed by atoms with Crippen LogP contribution in [0.3, 0.4) is 0 Å². The van der Waals surface area contributed by atoms with Gasteiger partial charge in [0.2, 0.25) is 5.91 Å². The quantitative estimate of drug-likeness (QED) is 0.853. The summed E-state index contributed by atoms with van der Waals surface area (Å²) in [6.07, 6.45) is 3.45. The van der Waals surface area contributed by atoms with Gasteiger partial charge in [0.25, 0.3) is 0 Å². The fourth-order valence-electron chi connectivity index (χ4n) is 3.17. The summed E-state index contributed by atoms with van der Waals surface area (Å²) in [7, 11) is 0. The summed E-state index contributed by atoms with van der Waals surface area (Å²) in [6, 6.07) is 14.4. The van der Waals surface area contributed by atoms with Gasteiger partial charge in [-0.25, -0.2) is 4.98 Å². The van der Waals surface area contributed by atoms with Gasteiger partial charge in [-0.15, -0.1) is 0 Å². The molecule has 1 aliphatic heterocycles. The second-order valence-electron chi connectivity index (χ2n) is 6.24. The number of nitrogens with two attached hydrogens (primary N) is 1. The normalized spacial score (nSPS) is 15.4. The van der Waals surface area contributed by atoms with E-state index in [0.29, 0.717) is 0 Å². The second kappa shape index (κ2) is 7.93. The molecular formula is C19H24N4O. The largest absolute Gasteiger partial charge is 0.369 e. The number of amides is 1. The van der Waals surface area contributed by atoms with Crippen LogP contribution in [0.1, 0.15) is 24.0 Å². The molecule has 5 nitrogen and oxygen atoms in total. The van der Waals surface area contributed by atoms with Crippen molar-refractivity contribution in [3.05, 3.63) is 59.8 Å². The molecule has 1 amide bonds. The van der Waals surface area contributed by atoms with Crippen molar-refractivity contribution in [2.24, 2.45) is 11.7 Å². The predicted octanol–water partition coefficient (Wildman–Crippen LogP) is 2.07. The first-order chi connectivity index (χ1) is 11.7. The van der Waals surface area contributed by atoms with E-state index in [0.717, 1.165) is 44.8 Å².